The molecule has 0 amide bonds. The molecule has 3 heterocycles. The number of fused-ring (bicyclic) bond motifs is 4. The van der Waals surface area contributed by atoms with Crippen molar-refractivity contribution in [1.29, 1.82) is 0 Å². The number of aromatic amines is 1. The number of benzene rings is 1. The van der Waals surface area contributed by atoms with Gasteiger partial charge in [-0.25, -0.2) is 4.98 Å². The van der Waals surface area contributed by atoms with Crippen molar-refractivity contribution in [3.8, 4) is 0 Å². The lowest BCUT2D eigenvalue weighted by atomic mass is 10.1. The second-order valence-corrected chi connectivity index (χ2v) is 9.42. The molecule has 1 aliphatic rings. The van der Waals surface area contributed by atoms with Gasteiger partial charge in [-0.15, -0.1) is 23.1 Å². The highest BCUT2D eigenvalue weighted by molar-refractivity contribution is 7.99. The molecule has 0 fully saturated rings. The molecule has 0 aliphatic heterocycles. The van der Waals surface area contributed by atoms with Gasteiger partial charge in [0.2, 0.25) is 0 Å². The summed E-state index contributed by atoms with van der Waals surface area (Å²) >= 11 is 2.99. The van der Waals surface area contributed by atoms with Crippen molar-refractivity contribution >= 4 is 50.3 Å². The number of aromatic nitrogens is 2. The van der Waals surface area contributed by atoms with Crippen LogP contribution in [-0.2, 0) is 34.7 Å². The summed E-state index contributed by atoms with van der Waals surface area (Å²) in [6, 6.07) is 7.76. The van der Waals surface area contributed by atoms with Gasteiger partial charge < -0.3 is 14.1 Å². The topological polar surface area (TPSA) is 85.2 Å². The van der Waals surface area contributed by atoms with Crippen molar-refractivity contribution in [1.82, 2.24) is 9.97 Å². The molecule has 0 radical (unpaired) electrons. The predicted octanol–water partition coefficient (Wildman–Crippen LogP) is 4.50. The maximum Gasteiger partial charge on any atom is 0.316 e. The molecular formula is C22H20N2O4S2. The Morgan fingerprint density at radius 1 is 1.33 bits per heavy atom. The van der Waals surface area contributed by atoms with Crippen LogP contribution in [-0.4, -0.2) is 21.7 Å². The van der Waals surface area contributed by atoms with Gasteiger partial charge in [-0.2, -0.15) is 0 Å². The van der Waals surface area contributed by atoms with Crippen molar-refractivity contribution in [3.05, 3.63) is 62.2 Å². The average Bonchev–Trinajstić information content (AvgIpc) is 3.40. The van der Waals surface area contributed by atoms with E-state index in [4.69, 9.17) is 9.15 Å². The fourth-order valence-electron chi connectivity index (χ4n) is 3.90. The molecule has 3 aromatic heterocycles. The average molecular weight is 441 g/mol. The summed E-state index contributed by atoms with van der Waals surface area (Å²) < 4.78 is 11.1. The first-order chi connectivity index (χ1) is 14.6. The number of hydrogen-bond acceptors (Lipinski definition) is 7. The molecule has 6 nitrogen and oxygen atoms in total. The van der Waals surface area contributed by atoms with Crippen LogP contribution in [0.1, 0.15) is 34.0 Å². The highest BCUT2D eigenvalue weighted by atomic mass is 32.2. The maximum absolute atomic E-state index is 12.5. The zero-order valence-corrected chi connectivity index (χ0v) is 18.1. The van der Waals surface area contributed by atoms with Crippen molar-refractivity contribution in [2.75, 3.05) is 5.75 Å². The van der Waals surface area contributed by atoms with Crippen LogP contribution in [0, 0.1) is 6.92 Å². The number of furan rings is 1. The minimum absolute atomic E-state index is 0.0714. The first-order valence-electron chi connectivity index (χ1n) is 9.84. The molecule has 4 aromatic rings. The van der Waals surface area contributed by atoms with Gasteiger partial charge in [0.1, 0.15) is 28.6 Å². The number of nitrogens with zero attached hydrogens (tertiary/aromatic N) is 1. The van der Waals surface area contributed by atoms with Crippen LogP contribution in [0.15, 0.2) is 33.5 Å². The first kappa shape index (κ1) is 19.4. The first-order valence-corrected chi connectivity index (χ1v) is 11.8. The van der Waals surface area contributed by atoms with E-state index in [0.717, 1.165) is 46.0 Å². The van der Waals surface area contributed by atoms with Gasteiger partial charge in [0.25, 0.3) is 5.56 Å². The van der Waals surface area contributed by atoms with E-state index in [0.29, 0.717) is 17.3 Å². The lowest BCUT2D eigenvalue weighted by molar-refractivity contribution is -0.142. The highest BCUT2D eigenvalue weighted by Gasteiger charge is 2.21. The summed E-state index contributed by atoms with van der Waals surface area (Å²) in [4.78, 5) is 34.2. The van der Waals surface area contributed by atoms with Crippen LogP contribution in [0.5, 0.6) is 0 Å². The molecule has 30 heavy (non-hydrogen) atoms. The molecule has 0 atom stereocenters. The lowest BCUT2D eigenvalue weighted by Gasteiger charge is -2.04. The van der Waals surface area contributed by atoms with Gasteiger partial charge in [-0.05, 0) is 37.8 Å². The number of thiophene rings is 1. The second kappa shape index (κ2) is 7.92. The van der Waals surface area contributed by atoms with Crippen molar-refractivity contribution < 1.29 is 13.9 Å². The Balaban J connectivity index is 1.18. The number of thioether (sulfide) groups is 1. The molecule has 0 unspecified atom stereocenters. The van der Waals surface area contributed by atoms with E-state index in [2.05, 4.69) is 9.97 Å². The molecule has 0 bridgehead atoms. The smallest absolute Gasteiger partial charge is 0.316 e. The standard InChI is InChI=1S/C22H20N2O4S2/c1-12-13-5-2-3-7-15(13)28-16(12)9-27-19(25)11-29-10-18-23-21(26)20-14-6-4-8-17(14)30-22(20)24-18/h2-3,5,7H,4,6,8-11H2,1H3,(H,23,24,26). The van der Waals surface area contributed by atoms with Crippen LogP contribution in [0.2, 0.25) is 0 Å². The largest absolute Gasteiger partial charge is 0.457 e. The van der Waals surface area contributed by atoms with Gasteiger partial charge in [-0.1, -0.05) is 18.2 Å². The number of carbonyl (C=O) groups excluding carboxylic acids is 1. The molecule has 154 valence electrons. The van der Waals surface area contributed by atoms with Crippen LogP contribution in [0.4, 0.5) is 0 Å². The number of esters is 1. The Morgan fingerprint density at radius 3 is 3.07 bits per heavy atom. The second-order valence-electron chi connectivity index (χ2n) is 7.35. The summed E-state index contributed by atoms with van der Waals surface area (Å²) in [6.07, 6.45) is 3.12. The number of rotatable bonds is 6. The molecule has 0 saturated heterocycles. The number of aryl methyl sites for hydroxylation is 3. The fraction of sp³-hybridized carbons (Fsp3) is 0.318. The van der Waals surface area contributed by atoms with E-state index in [9.17, 15) is 9.59 Å². The number of ether oxygens (including phenoxy) is 1. The van der Waals surface area contributed by atoms with E-state index >= 15 is 0 Å². The SMILES string of the molecule is Cc1c(COC(=O)CSCc2nc3sc4c(c3c(=O)[nH]2)CCC4)oc2ccccc12. The Labute approximate surface area is 180 Å². The normalized spacial score (nSPS) is 13.2. The third-order valence-electron chi connectivity index (χ3n) is 5.39. The Kier molecular flexibility index (Phi) is 5.12. The molecule has 0 spiro atoms. The maximum atomic E-state index is 12.5. The number of para-hydroxylation sites is 1. The summed E-state index contributed by atoms with van der Waals surface area (Å²) in [5, 5.41) is 1.78. The van der Waals surface area contributed by atoms with Gasteiger partial charge in [-0.3, -0.25) is 9.59 Å². The minimum atomic E-state index is -0.321. The van der Waals surface area contributed by atoms with Gasteiger partial charge in [0.05, 0.1) is 16.9 Å². The van der Waals surface area contributed by atoms with Crippen molar-refractivity contribution in [3.63, 3.8) is 0 Å². The zero-order valence-electron chi connectivity index (χ0n) is 16.4. The van der Waals surface area contributed by atoms with E-state index < -0.39 is 0 Å². The summed E-state index contributed by atoms with van der Waals surface area (Å²) in [7, 11) is 0. The molecule has 1 aromatic carbocycles. The Morgan fingerprint density at radius 2 is 2.20 bits per heavy atom. The van der Waals surface area contributed by atoms with Gasteiger partial charge in [0.15, 0.2) is 0 Å². The minimum Gasteiger partial charge on any atom is -0.457 e. The third kappa shape index (κ3) is 3.54. The zero-order chi connectivity index (χ0) is 20.7. The monoisotopic (exact) mass is 440 g/mol. The fourth-order valence-corrected chi connectivity index (χ4v) is 5.86. The molecular weight excluding hydrogens is 420 g/mol. The lowest BCUT2D eigenvalue weighted by Crippen LogP contribution is -2.12. The van der Waals surface area contributed by atoms with Crippen LogP contribution in [0.3, 0.4) is 0 Å². The summed E-state index contributed by atoms with van der Waals surface area (Å²) in [6.45, 7) is 2.07. The molecule has 1 N–H and O–H groups in total. The number of hydrogen-bond donors (Lipinski definition) is 1. The number of carbonyl (C=O) groups is 1. The van der Waals surface area contributed by atoms with Crippen molar-refractivity contribution in [2.45, 2.75) is 38.5 Å². The summed E-state index contributed by atoms with van der Waals surface area (Å²) in [5.41, 5.74) is 2.88. The Hall–Kier alpha value is -2.58. The van der Waals surface area contributed by atoms with Crippen LogP contribution < -0.4 is 5.56 Å². The predicted molar refractivity (Wildman–Crippen MR) is 119 cm³/mol. The van der Waals surface area contributed by atoms with Crippen molar-refractivity contribution in [2.24, 2.45) is 0 Å². The third-order valence-corrected chi connectivity index (χ3v) is 7.49. The molecule has 1 aliphatic carbocycles. The summed E-state index contributed by atoms with van der Waals surface area (Å²) in [5.74, 6) is 1.57. The molecule has 5 rings (SSSR count). The van der Waals surface area contributed by atoms with E-state index in [1.165, 1.54) is 22.2 Å². The quantitative estimate of drug-likeness (QED) is 0.444. The molecule has 8 heteroatoms. The van der Waals surface area contributed by atoms with Crippen LogP contribution in [0.25, 0.3) is 21.2 Å². The van der Waals surface area contributed by atoms with Crippen LogP contribution >= 0.6 is 23.1 Å². The number of H-pyrrole nitrogens is 1. The number of nitrogens with one attached hydrogen (secondary N) is 1. The van der Waals surface area contributed by atoms with E-state index in [1.807, 2.05) is 31.2 Å². The highest BCUT2D eigenvalue weighted by Crippen LogP contribution is 2.34. The van der Waals surface area contributed by atoms with Gasteiger partial charge in [0, 0.05) is 15.8 Å². The Bertz CT molecular complexity index is 1320. The van der Waals surface area contributed by atoms with Gasteiger partial charge >= 0.3 is 5.97 Å². The van der Waals surface area contributed by atoms with E-state index in [1.54, 1.807) is 11.3 Å². The van der Waals surface area contributed by atoms with E-state index in [-0.39, 0.29) is 23.9 Å². The molecule has 0 saturated carbocycles.